The van der Waals surface area contributed by atoms with E-state index in [1.807, 2.05) is 0 Å². The summed E-state index contributed by atoms with van der Waals surface area (Å²) >= 11 is 0. The molecule has 0 fully saturated rings. The number of Topliss-reactive ketones (excluding diaryl/α,β-unsaturated/α-hetero) is 1. The van der Waals surface area contributed by atoms with Gasteiger partial charge >= 0.3 is 5.97 Å². The number of hydrogen-bond donors (Lipinski definition) is 8. The minimum absolute atomic E-state index is 0.0775. The number of esters is 1. The standard InChI is InChI=1S/C22H18O12/c23-9-5-10(24)16-15(6-9)33-20(7-1-11(25)17(29)12(26)2-7)21(19(16)31)34-22(32)8-3-13(27)18(30)14(28)4-8/h1-6,11,17,20-21,23-30H. The smallest absolute Gasteiger partial charge is 0.339 e. The highest BCUT2D eigenvalue weighted by Crippen LogP contribution is 2.41. The monoisotopic (exact) mass is 474 g/mol. The van der Waals surface area contributed by atoms with Crippen LogP contribution in [0.2, 0.25) is 0 Å². The number of phenols is 5. The predicted octanol–water partition coefficient (Wildman–Crippen LogP) is 0.488. The number of ether oxygens (including phenoxy) is 2. The summed E-state index contributed by atoms with van der Waals surface area (Å²) in [6.07, 6.45) is -4.55. The molecule has 0 saturated heterocycles. The Labute approximate surface area is 190 Å². The van der Waals surface area contributed by atoms with Crippen molar-refractivity contribution in [2.24, 2.45) is 0 Å². The van der Waals surface area contributed by atoms with Crippen LogP contribution in [0, 0.1) is 0 Å². The molecule has 1 aliphatic carbocycles. The number of carbonyl (C=O) groups is 2. The Morgan fingerprint density at radius 3 is 2.18 bits per heavy atom. The fourth-order valence-electron chi connectivity index (χ4n) is 3.61. The maximum Gasteiger partial charge on any atom is 0.339 e. The van der Waals surface area contributed by atoms with E-state index >= 15 is 0 Å². The van der Waals surface area contributed by atoms with Crippen LogP contribution >= 0.6 is 0 Å². The van der Waals surface area contributed by atoms with Crippen LogP contribution in [0.25, 0.3) is 0 Å². The van der Waals surface area contributed by atoms with Gasteiger partial charge < -0.3 is 50.3 Å². The Morgan fingerprint density at radius 2 is 1.56 bits per heavy atom. The summed E-state index contributed by atoms with van der Waals surface area (Å²) in [5.41, 5.74) is -0.952. The first kappa shape index (κ1) is 22.8. The second-order valence-corrected chi connectivity index (χ2v) is 7.60. The summed E-state index contributed by atoms with van der Waals surface area (Å²) in [5, 5.41) is 78.4. The van der Waals surface area contributed by atoms with Crippen LogP contribution in [-0.4, -0.2) is 77.0 Å². The van der Waals surface area contributed by atoms with Crippen LogP contribution in [0.1, 0.15) is 20.7 Å². The largest absolute Gasteiger partial charge is 0.509 e. The van der Waals surface area contributed by atoms with Gasteiger partial charge in [0, 0.05) is 12.1 Å². The lowest BCUT2D eigenvalue weighted by Crippen LogP contribution is -2.47. The Morgan fingerprint density at radius 1 is 0.912 bits per heavy atom. The maximum atomic E-state index is 13.2. The highest BCUT2D eigenvalue weighted by atomic mass is 16.6. The van der Waals surface area contributed by atoms with E-state index in [0.717, 1.165) is 36.4 Å². The quantitative estimate of drug-likeness (QED) is 0.225. The van der Waals surface area contributed by atoms with Crippen LogP contribution in [0.5, 0.6) is 34.5 Å². The third-order valence-corrected chi connectivity index (χ3v) is 5.27. The number of aliphatic hydroxyl groups excluding tert-OH is 3. The molecular weight excluding hydrogens is 456 g/mol. The van der Waals surface area contributed by atoms with Gasteiger partial charge in [-0.15, -0.1) is 0 Å². The molecule has 0 radical (unpaired) electrons. The molecule has 4 unspecified atom stereocenters. The molecule has 4 atom stereocenters. The van der Waals surface area contributed by atoms with Gasteiger partial charge in [-0.2, -0.15) is 0 Å². The van der Waals surface area contributed by atoms with E-state index in [2.05, 4.69) is 0 Å². The van der Waals surface area contributed by atoms with Crippen LogP contribution in [0.4, 0.5) is 0 Å². The molecule has 0 amide bonds. The lowest BCUT2D eigenvalue weighted by atomic mass is 9.88. The molecule has 1 heterocycles. The van der Waals surface area contributed by atoms with Gasteiger partial charge in [0.15, 0.2) is 23.4 Å². The normalized spacial score (nSPS) is 23.9. The van der Waals surface area contributed by atoms with Crippen LogP contribution < -0.4 is 4.74 Å². The Hall–Kier alpha value is -4.42. The second-order valence-electron chi connectivity index (χ2n) is 7.60. The van der Waals surface area contributed by atoms with Gasteiger partial charge in [-0.1, -0.05) is 0 Å². The van der Waals surface area contributed by atoms with Gasteiger partial charge in [-0.3, -0.25) is 4.79 Å². The average molecular weight is 474 g/mol. The summed E-state index contributed by atoms with van der Waals surface area (Å²) in [6.45, 7) is 0. The molecule has 1 aliphatic heterocycles. The van der Waals surface area contributed by atoms with E-state index in [9.17, 15) is 50.4 Å². The molecule has 34 heavy (non-hydrogen) atoms. The van der Waals surface area contributed by atoms with Crippen molar-refractivity contribution < 1.29 is 59.9 Å². The van der Waals surface area contributed by atoms with Crippen molar-refractivity contribution in [1.29, 1.82) is 0 Å². The molecule has 0 saturated carbocycles. The minimum atomic E-state index is -1.83. The molecule has 2 aromatic carbocycles. The molecule has 12 nitrogen and oxygen atoms in total. The fraction of sp³-hybridized carbons (Fsp3) is 0.182. The number of aliphatic hydroxyl groups is 3. The van der Waals surface area contributed by atoms with E-state index in [0.29, 0.717) is 0 Å². The topological polar surface area (TPSA) is 214 Å². The summed E-state index contributed by atoms with van der Waals surface area (Å²) in [4.78, 5) is 25.9. The van der Waals surface area contributed by atoms with E-state index < -0.39 is 81.8 Å². The van der Waals surface area contributed by atoms with Gasteiger partial charge in [0.05, 0.1) is 5.56 Å². The summed E-state index contributed by atoms with van der Waals surface area (Å²) in [5.74, 6) is -6.85. The average Bonchev–Trinajstić information content (AvgIpc) is 2.76. The SMILES string of the molecule is O=C(OC1C(=O)c2c(O)cc(O)cc2OC1C1=CC(O)C(O)C(O)=C1)c1cc(O)c(O)c(O)c1. The van der Waals surface area contributed by atoms with E-state index in [4.69, 9.17) is 9.47 Å². The third-order valence-electron chi connectivity index (χ3n) is 5.27. The minimum Gasteiger partial charge on any atom is -0.509 e. The molecule has 0 aromatic heterocycles. The highest BCUT2D eigenvalue weighted by molar-refractivity contribution is 6.07. The predicted molar refractivity (Wildman–Crippen MR) is 110 cm³/mol. The molecule has 8 N–H and O–H groups in total. The summed E-state index contributed by atoms with van der Waals surface area (Å²) in [6, 6.07) is 3.43. The number of benzene rings is 2. The van der Waals surface area contributed by atoms with Crippen LogP contribution in [-0.2, 0) is 4.74 Å². The van der Waals surface area contributed by atoms with Gasteiger partial charge in [0.1, 0.15) is 40.8 Å². The number of hydrogen-bond acceptors (Lipinski definition) is 12. The molecule has 0 bridgehead atoms. The number of fused-ring (bicyclic) bond motifs is 1. The third kappa shape index (κ3) is 3.80. The molecule has 4 rings (SSSR count). The Balaban J connectivity index is 1.78. The van der Waals surface area contributed by atoms with Crippen LogP contribution in [0.15, 0.2) is 47.7 Å². The highest BCUT2D eigenvalue weighted by Gasteiger charge is 2.45. The van der Waals surface area contributed by atoms with E-state index in [1.54, 1.807) is 0 Å². The van der Waals surface area contributed by atoms with Gasteiger partial charge in [0.2, 0.25) is 11.9 Å². The summed E-state index contributed by atoms with van der Waals surface area (Å²) in [7, 11) is 0. The number of rotatable bonds is 3. The van der Waals surface area contributed by atoms with Crippen molar-refractivity contribution in [2.75, 3.05) is 0 Å². The molecule has 0 spiro atoms. The van der Waals surface area contributed by atoms with Crippen molar-refractivity contribution in [3.8, 4) is 34.5 Å². The van der Waals surface area contributed by atoms with Crippen LogP contribution in [0.3, 0.4) is 0 Å². The number of carbonyl (C=O) groups excluding carboxylic acids is 2. The first-order valence-electron chi connectivity index (χ1n) is 9.69. The van der Waals surface area contributed by atoms with Crippen molar-refractivity contribution >= 4 is 11.8 Å². The van der Waals surface area contributed by atoms with Gasteiger partial charge in [-0.25, -0.2) is 4.79 Å². The fourth-order valence-corrected chi connectivity index (χ4v) is 3.61. The van der Waals surface area contributed by atoms with Crippen molar-refractivity contribution in [1.82, 2.24) is 0 Å². The van der Waals surface area contributed by atoms with E-state index in [-0.39, 0.29) is 11.3 Å². The zero-order valence-electron chi connectivity index (χ0n) is 17.0. The van der Waals surface area contributed by atoms with Gasteiger partial charge in [0.25, 0.3) is 0 Å². The first-order chi connectivity index (χ1) is 16.0. The van der Waals surface area contributed by atoms with Crippen molar-refractivity contribution in [2.45, 2.75) is 24.4 Å². The Bertz CT molecular complexity index is 1240. The Kier molecular flexibility index (Phi) is 5.47. The lowest BCUT2D eigenvalue weighted by molar-refractivity contribution is -0.00229. The summed E-state index contributed by atoms with van der Waals surface area (Å²) < 4.78 is 10.9. The molecule has 2 aromatic rings. The lowest BCUT2D eigenvalue weighted by Gasteiger charge is -2.34. The second kappa shape index (κ2) is 8.17. The molecule has 178 valence electrons. The zero-order chi connectivity index (χ0) is 24.9. The molecule has 2 aliphatic rings. The first-order valence-corrected chi connectivity index (χ1v) is 9.69. The zero-order valence-corrected chi connectivity index (χ0v) is 17.0. The maximum absolute atomic E-state index is 13.2. The molecular formula is C22H18O12. The van der Waals surface area contributed by atoms with Crippen molar-refractivity contribution in [3.63, 3.8) is 0 Å². The van der Waals surface area contributed by atoms with Crippen molar-refractivity contribution in [3.05, 3.63) is 58.9 Å². The van der Waals surface area contributed by atoms with E-state index in [1.165, 1.54) is 0 Å². The number of phenolic OH excluding ortho intramolecular Hbond substituents is 5. The molecule has 12 heteroatoms. The van der Waals surface area contributed by atoms with Gasteiger partial charge in [-0.05, 0) is 29.9 Å². The number of ketones is 1. The number of aromatic hydroxyl groups is 5.